The van der Waals surface area contributed by atoms with Gasteiger partial charge in [0, 0.05) is 5.56 Å². The van der Waals surface area contributed by atoms with Crippen molar-refractivity contribution in [3.63, 3.8) is 0 Å². The molecule has 1 nitrogen and oxygen atoms in total. The quantitative estimate of drug-likeness (QED) is 0.805. The van der Waals surface area contributed by atoms with E-state index in [4.69, 9.17) is 11.6 Å². The van der Waals surface area contributed by atoms with E-state index in [-0.39, 0.29) is 11.1 Å². The second kappa shape index (κ2) is 5.42. The van der Waals surface area contributed by atoms with Gasteiger partial charge in [0.15, 0.2) is 0 Å². The SMILES string of the molecule is OC(c1ccccc1C(F)(F)F)c1cccc(F)c1Cl. The molecule has 0 spiro atoms. The Morgan fingerprint density at radius 2 is 1.55 bits per heavy atom. The predicted octanol–water partition coefficient (Wildman–Crippen LogP) is 4.58. The molecule has 20 heavy (non-hydrogen) atoms. The maximum Gasteiger partial charge on any atom is 0.416 e. The number of aliphatic hydroxyl groups excluding tert-OH is 1. The zero-order valence-electron chi connectivity index (χ0n) is 9.96. The van der Waals surface area contributed by atoms with E-state index in [1.165, 1.54) is 24.3 Å². The zero-order chi connectivity index (χ0) is 14.9. The van der Waals surface area contributed by atoms with Crippen LogP contribution in [0.2, 0.25) is 5.02 Å². The Kier molecular flexibility index (Phi) is 4.01. The lowest BCUT2D eigenvalue weighted by atomic mass is 9.96. The van der Waals surface area contributed by atoms with Gasteiger partial charge in [-0.05, 0) is 17.7 Å². The minimum absolute atomic E-state index is 0.108. The van der Waals surface area contributed by atoms with Gasteiger partial charge >= 0.3 is 6.18 Å². The van der Waals surface area contributed by atoms with E-state index in [2.05, 4.69) is 0 Å². The van der Waals surface area contributed by atoms with E-state index in [1.54, 1.807) is 0 Å². The summed E-state index contributed by atoms with van der Waals surface area (Å²) in [6, 6.07) is 8.18. The molecular weight excluding hydrogens is 296 g/mol. The Hall–Kier alpha value is -1.59. The van der Waals surface area contributed by atoms with Crippen molar-refractivity contribution in [3.05, 3.63) is 70.0 Å². The highest BCUT2D eigenvalue weighted by molar-refractivity contribution is 6.31. The van der Waals surface area contributed by atoms with Gasteiger partial charge in [-0.1, -0.05) is 41.9 Å². The van der Waals surface area contributed by atoms with Crippen molar-refractivity contribution in [2.75, 3.05) is 0 Å². The van der Waals surface area contributed by atoms with Gasteiger partial charge in [0.1, 0.15) is 11.9 Å². The molecule has 0 amide bonds. The molecule has 0 saturated heterocycles. The molecule has 106 valence electrons. The lowest BCUT2D eigenvalue weighted by molar-refractivity contribution is -0.139. The normalized spacial score (nSPS) is 13.3. The Bertz CT molecular complexity index is 625. The van der Waals surface area contributed by atoms with Crippen molar-refractivity contribution in [1.82, 2.24) is 0 Å². The third-order valence-corrected chi connectivity index (χ3v) is 3.24. The summed E-state index contributed by atoms with van der Waals surface area (Å²) >= 11 is 5.69. The summed E-state index contributed by atoms with van der Waals surface area (Å²) < 4.78 is 52.0. The number of alkyl halides is 3. The Labute approximate surface area is 117 Å². The van der Waals surface area contributed by atoms with Crippen LogP contribution >= 0.6 is 11.6 Å². The van der Waals surface area contributed by atoms with Crippen molar-refractivity contribution in [1.29, 1.82) is 0 Å². The third kappa shape index (κ3) is 2.78. The summed E-state index contributed by atoms with van der Waals surface area (Å²) in [5.74, 6) is -0.798. The molecule has 0 aromatic heterocycles. The summed E-state index contributed by atoms with van der Waals surface area (Å²) in [6.07, 6.45) is -6.27. The standard InChI is InChI=1S/C14H9ClF4O/c15-12-9(5-3-7-11(12)16)13(20)8-4-1-2-6-10(8)14(17,18)19/h1-7,13,20H. The molecule has 0 bridgehead atoms. The van der Waals surface area contributed by atoms with Crippen LogP contribution in [-0.4, -0.2) is 5.11 Å². The maximum atomic E-state index is 13.3. The fourth-order valence-corrected chi connectivity index (χ4v) is 2.12. The highest BCUT2D eigenvalue weighted by Crippen LogP contribution is 2.38. The fraction of sp³-hybridized carbons (Fsp3) is 0.143. The monoisotopic (exact) mass is 304 g/mol. The smallest absolute Gasteiger partial charge is 0.384 e. The number of benzene rings is 2. The number of hydrogen-bond donors (Lipinski definition) is 1. The van der Waals surface area contributed by atoms with Crippen LogP contribution in [0.1, 0.15) is 22.8 Å². The molecule has 0 aliphatic heterocycles. The van der Waals surface area contributed by atoms with Crippen LogP contribution in [-0.2, 0) is 6.18 Å². The minimum Gasteiger partial charge on any atom is -0.384 e. The van der Waals surface area contributed by atoms with Gasteiger partial charge in [0.05, 0.1) is 10.6 Å². The first-order valence-electron chi connectivity index (χ1n) is 5.60. The number of aliphatic hydroxyl groups is 1. The van der Waals surface area contributed by atoms with Gasteiger partial charge in [-0.25, -0.2) is 4.39 Å². The van der Waals surface area contributed by atoms with E-state index >= 15 is 0 Å². The summed E-state index contributed by atoms with van der Waals surface area (Å²) in [4.78, 5) is 0. The highest BCUT2D eigenvalue weighted by atomic mass is 35.5. The van der Waals surface area contributed by atoms with Crippen molar-refractivity contribution in [3.8, 4) is 0 Å². The molecule has 1 unspecified atom stereocenters. The predicted molar refractivity (Wildman–Crippen MR) is 66.9 cm³/mol. The molecule has 0 saturated carbocycles. The first kappa shape index (κ1) is 14.8. The van der Waals surface area contributed by atoms with Crippen molar-refractivity contribution < 1.29 is 22.7 Å². The largest absolute Gasteiger partial charge is 0.416 e. The van der Waals surface area contributed by atoms with Crippen LogP contribution in [0.3, 0.4) is 0 Å². The van der Waals surface area contributed by atoms with Crippen molar-refractivity contribution >= 4 is 11.6 Å². The van der Waals surface area contributed by atoms with Crippen LogP contribution in [0.4, 0.5) is 17.6 Å². The molecule has 2 aromatic rings. The van der Waals surface area contributed by atoms with Crippen LogP contribution in [0, 0.1) is 5.82 Å². The van der Waals surface area contributed by atoms with Gasteiger partial charge in [-0.2, -0.15) is 13.2 Å². The number of halogens is 5. The average molecular weight is 305 g/mol. The van der Waals surface area contributed by atoms with E-state index in [0.29, 0.717) is 0 Å². The molecule has 6 heteroatoms. The van der Waals surface area contributed by atoms with E-state index in [9.17, 15) is 22.7 Å². The highest BCUT2D eigenvalue weighted by Gasteiger charge is 2.35. The van der Waals surface area contributed by atoms with Crippen LogP contribution in [0.15, 0.2) is 42.5 Å². The Balaban J connectivity index is 2.55. The molecule has 2 rings (SSSR count). The summed E-state index contributed by atoms with van der Waals surface area (Å²) in [5, 5.41) is 9.70. The average Bonchev–Trinajstić information content (AvgIpc) is 2.40. The summed E-state index contributed by atoms with van der Waals surface area (Å²) in [6.45, 7) is 0. The van der Waals surface area contributed by atoms with Crippen LogP contribution < -0.4 is 0 Å². The summed E-state index contributed by atoms with van der Waals surface area (Å²) in [7, 11) is 0. The first-order valence-corrected chi connectivity index (χ1v) is 5.98. The molecule has 1 N–H and O–H groups in total. The van der Waals surface area contributed by atoms with Crippen LogP contribution in [0.5, 0.6) is 0 Å². The molecule has 1 atom stereocenters. The fourth-order valence-electron chi connectivity index (χ4n) is 1.89. The lowest BCUT2D eigenvalue weighted by Crippen LogP contribution is -2.13. The molecule has 2 aromatic carbocycles. The van der Waals surface area contributed by atoms with E-state index < -0.39 is 28.7 Å². The van der Waals surface area contributed by atoms with Gasteiger partial charge < -0.3 is 5.11 Å². The minimum atomic E-state index is -4.61. The zero-order valence-corrected chi connectivity index (χ0v) is 10.7. The third-order valence-electron chi connectivity index (χ3n) is 2.84. The summed E-state index contributed by atoms with van der Waals surface area (Å²) in [5.41, 5.74) is -1.45. The molecular formula is C14H9ClF4O. The second-order valence-corrected chi connectivity index (χ2v) is 4.51. The number of rotatable bonds is 2. The van der Waals surface area contributed by atoms with E-state index in [1.807, 2.05) is 0 Å². The van der Waals surface area contributed by atoms with Gasteiger partial charge in [0.2, 0.25) is 0 Å². The molecule has 0 aliphatic carbocycles. The first-order chi connectivity index (χ1) is 9.32. The Morgan fingerprint density at radius 3 is 2.20 bits per heavy atom. The molecule has 0 fully saturated rings. The van der Waals surface area contributed by atoms with Crippen LogP contribution in [0.25, 0.3) is 0 Å². The lowest BCUT2D eigenvalue weighted by Gasteiger charge is -2.18. The van der Waals surface area contributed by atoms with Gasteiger partial charge in [-0.3, -0.25) is 0 Å². The molecule has 0 radical (unpaired) electrons. The maximum absolute atomic E-state index is 13.3. The Morgan fingerprint density at radius 1 is 0.950 bits per heavy atom. The van der Waals surface area contributed by atoms with E-state index in [0.717, 1.165) is 18.2 Å². The topological polar surface area (TPSA) is 20.2 Å². The molecule has 0 aliphatic rings. The van der Waals surface area contributed by atoms with Crippen molar-refractivity contribution in [2.45, 2.75) is 12.3 Å². The second-order valence-electron chi connectivity index (χ2n) is 4.13. The van der Waals surface area contributed by atoms with Gasteiger partial charge in [-0.15, -0.1) is 0 Å². The number of hydrogen-bond acceptors (Lipinski definition) is 1. The van der Waals surface area contributed by atoms with Gasteiger partial charge in [0.25, 0.3) is 0 Å². The van der Waals surface area contributed by atoms with Crippen molar-refractivity contribution in [2.24, 2.45) is 0 Å². The molecule has 0 heterocycles.